The molecule has 144 valence electrons. The van der Waals surface area contributed by atoms with Crippen LogP contribution >= 0.6 is 0 Å². The first-order chi connectivity index (χ1) is 13.0. The summed E-state index contributed by atoms with van der Waals surface area (Å²) >= 11 is 0. The van der Waals surface area contributed by atoms with Gasteiger partial charge in [-0.15, -0.1) is 0 Å². The minimum atomic E-state index is -0.219. The number of amides is 1. The second-order valence-electron chi connectivity index (χ2n) is 7.15. The maximum atomic E-state index is 12.6. The van der Waals surface area contributed by atoms with E-state index in [1.54, 1.807) is 0 Å². The highest BCUT2D eigenvalue weighted by Gasteiger charge is 2.19. The maximum Gasteiger partial charge on any atom is 0.241 e. The van der Waals surface area contributed by atoms with Gasteiger partial charge in [0.2, 0.25) is 5.91 Å². The molecule has 1 atom stereocenters. The zero-order chi connectivity index (χ0) is 19.2. The largest absolute Gasteiger partial charge is 0.378 e. The molecule has 1 amide bonds. The van der Waals surface area contributed by atoms with Crippen molar-refractivity contribution in [3.05, 3.63) is 59.7 Å². The summed E-state index contributed by atoms with van der Waals surface area (Å²) in [7, 11) is 1.98. The Labute approximate surface area is 161 Å². The van der Waals surface area contributed by atoms with Crippen LogP contribution in [0, 0.1) is 6.92 Å². The van der Waals surface area contributed by atoms with Gasteiger partial charge in [0.25, 0.3) is 0 Å². The minimum Gasteiger partial charge on any atom is -0.378 e. The van der Waals surface area contributed by atoms with Crippen molar-refractivity contribution in [1.29, 1.82) is 0 Å². The van der Waals surface area contributed by atoms with E-state index in [9.17, 15) is 4.79 Å². The summed E-state index contributed by atoms with van der Waals surface area (Å²) in [5.41, 5.74) is 4.49. The Hall–Kier alpha value is -2.37. The van der Waals surface area contributed by atoms with Gasteiger partial charge in [0.1, 0.15) is 0 Å². The second kappa shape index (κ2) is 9.02. The van der Waals surface area contributed by atoms with E-state index < -0.39 is 0 Å². The van der Waals surface area contributed by atoms with Crippen LogP contribution in [0.1, 0.15) is 18.1 Å². The number of aryl methyl sites for hydroxylation is 1. The smallest absolute Gasteiger partial charge is 0.241 e. The SMILES string of the molecule is Cc1ccccc1CN(C)[C@H](C)C(=O)Nc1ccc(N2CCOCC2)cc1. The molecule has 2 aromatic rings. The summed E-state index contributed by atoms with van der Waals surface area (Å²) in [6.45, 7) is 8.14. The molecule has 1 heterocycles. The van der Waals surface area contributed by atoms with Crippen molar-refractivity contribution < 1.29 is 9.53 Å². The van der Waals surface area contributed by atoms with E-state index in [4.69, 9.17) is 4.74 Å². The predicted molar refractivity (Wildman–Crippen MR) is 110 cm³/mol. The molecule has 5 nitrogen and oxygen atoms in total. The van der Waals surface area contributed by atoms with Crippen molar-refractivity contribution in [3.63, 3.8) is 0 Å². The van der Waals surface area contributed by atoms with E-state index in [1.165, 1.54) is 16.8 Å². The van der Waals surface area contributed by atoms with E-state index in [1.807, 2.05) is 38.2 Å². The van der Waals surface area contributed by atoms with Crippen LogP contribution in [0.15, 0.2) is 48.5 Å². The molecule has 1 fully saturated rings. The van der Waals surface area contributed by atoms with Crippen LogP contribution in [0.2, 0.25) is 0 Å². The summed E-state index contributed by atoms with van der Waals surface area (Å²) in [4.78, 5) is 17.0. The van der Waals surface area contributed by atoms with E-state index in [-0.39, 0.29) is 11.9 Å². The summed E-state index contributed by atoms with van der Waals surface area (Å²) in [6, 6.07) is 16.1. The first kappa shape index (κ1) is 19.4. The maximum absolute atomic E-state index is 12.6. The Balaban J connectivity index is 1.56. The fourth-order valence-corrected chi connectivity index (χ4v) is 3.22. The van der Waals surface area contributed by atoms with E-state index in [0.717, 1.165) is 38.5 Å². The number of hydrogen-bond donors (Lipinski definition) is 1. The lowest BCUT2D eigenvalue weighted by atomic mass is 10.1. The Morgan fingerprint density at radius 3 is 2.48 bits per heavy atom. The van der Waals surface area contributed by atoms with Crippen molar-refractivity contribution in [3.8, 4) is 0 Å². The van der Waals surface area contributed by atoms with Crippen LogP contribution in [0.25, 0.3) is 0 Å². The number of hydrogen-bond acceptors (Lipinski definition) is 4. The van der Waals surface area contributed by atoms with E-state index in [2.05, 4.69) is 46.3 Å². The highest BCUT2D eigenvalue weighted by Crippen LogP contribution is 2.19. The van der Waals surface area contributed by atoms with Gasteiger partial charge in [-0.05, 0) is 56.3 Å². The van der Waals surface area contributed by atoms with Gasteiger partial charge in [0.05, 0.1) is 19.3 Å². The molecular weight excluding hydrogens is 338 g/mol. The summed E-state index contributed by atoms with van der Waals surface area (Å²) in [6.07, 6.45) is 0. The standard InChI is InChI=1S/C22H29N3O2/c1-17-6-4-5-7-19(17)16-24(3)18(2)22(26)23-20-8-10-21(11-9-20)25-12-14-27-15-13-25/h4-11,18H,12-16H2,1-3H3,(H,23,26)/t18-/m1/s1. The topological polar surface area (TPSA) is 44.8 Å². The first-order valence-electron chi connectivity index (χ1n) is 9.53. The quantitative estimate of drug-likeness (QED) is 0.851. The fraction of sp³-hybridized carbons (Fsp3) is 0.409. The Bertz CT molecular complexity index is 754. The third kappa shape index (κ3) is 5.08. The summed E-state index contributed by atoms with van der Waals surface area (Å²) < 4.78 is 5.39. The van der Waals surface area contributed by atoms with Crippen LogP contribution in [-0.4, -0.2) is 50.2 Å². The number of rotatable bonds is 6. The summed E-state index contributed by atoms with van der Waals surface area (Å²) in [5, 5.41) is 3.03. The number of carbonyl (C=O) groups excluding carboxylic acids is 1. The van der Waals surface area contributed by atoms with Gasteiger partial charge in [-0.3, -0.25) is 9.69 Å². The van der Waals surface area contributed by atoms with Crippen molar-refractivity contribution in [2.24, 2.45) is 0 Å². The van der Waals surface area contributed by atoms with Crippen LogP contribution in [0.5, 0.6) is 0 Å². The van der Waals surface area contributed by atoms with Gasteiger partial charge in [-0.2, -0.15) is 0 Å². The molecule has 0 spiro atoms. The monoisotopic (exact) mass is 367 g/mol. The minimum absolute atomic E-state index is 0.00482. The van der Waals surface area contributed by atoms with Gasteiger partial charge in [-0.1, -0.05) is 24.3 Å². The van der Waals surface area contributed by atoms with Gasteiger partial charge < -0.3 is 15.0 Å². The number of likely N-dealkylation sites (N-methyl/N-ethyl adjacent to an activating group) is 1. The molecule has 1 N–H and O–H groups in total. The molecule has 1 aliphatic heterocycles. The lowest BCUT2D eigenvalue weighted by Crippen LogP contribution is -2.39. The molecule has 2 aromatic carbocycles. The highest BCUT2D eigenvalue weighted by atomic mass is 16.5. The number of morpholine rings is 1. The van der Waals surface area contributed by atoms with Gasteiger partial charge >= 0.3 is 0 Å². The van der Waals surface area contributed by atoms with Gasteiger partial charge in [0.15, 0.2) is 0 Å². The molecule has 0 aliphatic carbocycles. The lowest BCUT2D eigenvalue weighted by molar-refractivity contribution is -0.120. The van der Waals surface area contributed by atoms with Crippen molar-refractivity contribution in [1.82, 2.24) is 4.90 Å². The molecule has 3 rings (SSSR count). The van der Waals surface area contributed by atoms with Crippen LogP contribution in [-0.2, 0) is 16.1 Å². The molecule has 1 aliphatic rings. The second-order valence-corrected chi connectivity index (χ2v) is 7.15. The molecular formula is C22H29N3O2. The Morgan fingerprint density at radius 2 is 1.81 bits per heavy atom. The van der Waals surface area contributed by atoms with Crippen LogP contribution in [0.3, 0.4) is 0 Å². The van der Waals surface area contributed by atoms with Crippen molar-refractivity contribution in [2.45, 2.75) is 26.4 Å². The number of benzene rings is 2. The Kier molecular flexibility index (Phi) is 6.48. The number of anilines is 2. The predicted octanol–water partition coefficient (Wildman–Crippen LogP) is 3.29. The molecule has 27 heavy (non-hydrogen) atoms. The molecule has 0 unspecified atom stereocenters. The first-order valence-corrected chi connectivity index (χ1v) is 9.53. The summed E-state index contributed by atoms with van der Waals surface area (Å²) in [5.74, 6) is 0.00482. The highest BCUT2D eigenvalue weighted by molar-refractivity contribution is 5.94. The molecule has 0 saturated carbocycles. The molecule has 0 bridgehead atoms. The average molecular weight is 367 g/mol. The Morgan fingerprint density at radius 1 is 1.15 bits per heavy atom. The van der Waals surface area contributed by atoms with Crippen molar-refractivity contribution >= 4 is 17.3 Å². The molecule has 0 radical (unpaired) electrons. The zero-order valence-electron chi connectivity index (χ0n) is 16.4. The third-order valence-electron chi connectivity index (χ3n) is 5.23. The molecule has 1 saturated heterocycles. The number of nitrogens with one attached hydrogen (secondary N) is 1. The van der Waals surface area contributed by atoms with Crippen LogP contribution < -0.4 is 10.2 Å². The van der Waals surface area contributed by atoms with E-state index in [0.29, 0.717) is 0 Å². The molecule has 5 heteroatoms. The average Bonchev–Trinajstić information content (AvgIpc) is 2.70. The van der Waals surface area contributed by atoms with Crippen molar-refractivity contribution in [2.75, 3.05) is 43.6 Å². The number of ether oxygens (including phenoxy) is 1. The molecule has 0 aromatic heterocycles. The lowest BCUT2D eigenvalue weighted by Gasteiger charge is -2.29. The normalized spacial score (nSPS) is 15.6. The van der Waals surface area contributed by atoms with Crippen LogP contribution in [0.4, 0.5) is 11.4 Å². The zero-order valence-corrected chi connectivity index (χ0v) is 16.4. The number of nitrogens with zero attached hydrogens (tertiary/aromatic N) is 2. The third-order valence-corrected chi connectivity index (χ3v) is 5.23. The van der Waals surface area contributed by atoms with E-state index >= 15 is 0 Å². The van der Waals surface area contributed by atoms with Gasteiger partial charge in [-0.25, -0.2) is 0 Å². The van der Waals surface area contributed by atoms with Gasteiger partial charge in [0, 0.05) is 31.0 Å². The fourth-order valence-electron chi connectivity index (χ4n) is 3.22. The number of carbonyl (C=O) groups is 1.